The van der Waals surface area contributed by atoms with Gasteiger partial charge in [-0.2, -0.15) is 0 Å². The van der Waals surface area contributed by atoms with Gasteiger partial charge in [-0.25, -0.2) is 0 Å². The zero-order chi connectivity index (χ0) is 21.5. The van der Waals surface area contributed by atoms with Crippen LogP contribution in [0, 0.1) is 0 Å². The molecule has 0 aliphatic carbocycles. The molecule has 31 heavy (non-hydrogen) atoms. The first kappa shape index (κ1) is 20.2. The van der Waals surface area contributed by atoms with Crippen molar-refractivity contribution in [3.63, 3.8) is 0 Å². The molecule has 1 atom stereocenters. The molecule has 2 aromatic carbocycles. The van der Waals surface area contributed by atoms with Crippen LogP contribution in [0.25, 0.3) is 0 Å². The Morgan fingerprint density at radius 2 is 1.68 bits per heavy atom. The number of hydrogen-bond acceptors (Lipinski definition) is 5. The maximum absolute atomic E-state index is 12.9. The number of para-hydroxylation sites is 2. The van der Waals surface area contributed by atoms with Crippen LogP contribution < -0.4 is 14.8 Å². The standard InChI is InChI=1S/C25H22N2O4/c1-29-21-12-5-6-13-22(21)30-17-19-14-15-23(31-19)25(28)27-24(18-9-3-2-4-10-18)20-11-7-8-16-26-20/h2-16,24H,17H2,1H3,(H,27,28). The molecule has 1 amide bonds. The van der Waals surface area contributed by atoms with Crippen molar-refractivity contribution in [2.75, 3.05) is 7.11 Å². The molecule has 4 rings (SSSR count). The van der Waals surface area contributed by atoms with Crippen molar-refractivity contribution in [2.24, 2.45) is 0 Å². The van der Waals surface area contributed by atoms with Gasteiger partial charge in [0.1, 0.15) is 12.4 Å². The van der Waals surface area contributed by atoms with Gasteiger partial charge >= 0.3 is 0 Å². The predicted molar refractivity (Wildman–Crippen MR) is 116 cm³/mol. The second-order valence-corrected chi connectivity index (χ2v) is 6.78. The number of benzene rings is 2. The molecule has 1 unspecified atom stereocenters. The van der Waals surface area contributed by atoms with Crippen LogP contribution in [0.1, 0.15) is 33.6 Å². The van der Waals surface area contributed by atoms with E-state index in [0.717, 1.165) is 11.3 Å². The van der Waals surface area contributed by atoms with E-state index >= 15 is 0 Å². The summed E-state index contributed by atoms with van der Waals surface area (Å²) < 4.78 is 16.8. The van der Waals surface area contributed by atoms with Gasteiger partial charge in [0, 0.05) is 6.20 Å². The number of amides is 1. The van der Waals surface area contributed by atoms with Gasteiger partial charge < -0.3 is 19.2 Å². The summed E-state index contributed by atoms with van der Waals surface area (Å²) in [7, 11) is 1.59. The smallest absolute Gasteiger partial charge is 0.287 e. The van der Waals surface area contributed by atoms with Crippen LogP contribution in [0.4, 0.5) is 0 Å². The van der Waals surface area contributed by atoms with Crippen molar-refractivity contribution >= 4 is 5.91 Å². The molecular formula is C25H22N2O4. The highest BCUT2D eigenvalue weighted by Crippen LogP contribution is 2.27. The Kier molecular flexibility index (Phi) is 6.28. The van der Waals surface area contributed by atoms with Crippen molar-refractivity contribution in [1.29, 1.82) is 0 Å². The molecule has 0 saturated carbocycles. The number of furan rings is 1. The lowest BCUT2D eigenvalue weighted by atomic mass is 10.0. The highest BCUT2D eigenvalue weighted by Gasteiger charge is 2.21. The number of ether oxygens (including phenoxy) is 2. The van der Waals surface area contributed by atoms with E-state index in [1.165, 1.54) is 0 Å². The molecule has 2 heterocycles. The normalized spacial score (nSPS) is 11.5. The number of carbonyl (C=O) groups excluding carboxylic acids is 1. The number of nitrogens with zero attached hydrogens (tertiary/aromatic N) is 1. The van der Waals surface area contributed by atoms with Crippen molar-refractivity contribution < 1.29 is 18.7 Å². The van der Waals surface area contributed by atoms with Crippen LogP contribution in [0.15, 0.2) is 95.5 Å². The molecule has 0 aliphatic heterocycles. The van der Waals surface area contributed by atoms with Crippen molar-refractivity contribution in [2.45, 2.75) is 12.6 Å². The molecule has 0 aliphatic rings. The van der Waals surface area contributed by atoms with Crippen LogP contribution in [0.5, 0.6) is 11.5 Å². The molecule has 0 fully saturated rings. The summed E-state index contributed by atoms with van der Waals surface area (Å²) in [5, 5.41) is 3.02. The number of carbonyl (C=O) groups is 1. The monoisotopic (exact) mass is 414 g/mol. The average Bonchev–Trinajstić information content (AvgIpc) is 3.31. The third-order valence-electron chi connectivity index (χ3n) is 4.72. The maximum atomic E-state index is 12.9. The first-order valence-corrected chi connectivity index (χ1v) is 9.86. The van der Waals surface area contributed by atoms with Gasteiger partial charge in [0.15, 0.2) is 17.3 Å². The third-order valence-corrected chi connectivity index (χ3v) is 4.72. The topological polar surface area (TPSA) is 73.6 Å². The molecule has 0 bridgehead atoms. The van der Waals surface area contributed by atoms with Crippen LogP contribution in [0.3, 0.4) is 0 Å². The Morgan fingerprint density at radius 3 is 2.42 bits per heavy atom. The van der Waals surface area contributed by atoms with E-state index in [0.29, 0.717) is 17.3 Å². The highest BCUT2D eigenvalue weighted by atomic mass is 16.5. The summed E-state index contributed by atoms with van der Waals surface area (Å²) in [6, 6.07) is 25.6. The van der Waals surface area contributed by atoms with E-state index < -0.39 is 6.04 Å². The third kappa shape index (κ3) is 4.93. The fraction of sp³-hybridized carbons (Fsp3) is 0.120. The van der Waals surface area contributed by atoms with Gasteiger partial charge in [0.25, 0.3) is 5.91 Å². The second kappa shape index (κ2) is 9.63. The fourth-order valence-electron chi connectivity index (χ4n) is 3.19. The van der Waals surface area contributed by atoms with E-state index in [9.17, 15) is 4.79 Å². The summed E-state index contributed by atoms with van der Waals surface area (Å²) >= 11 is 0. The van der Waals surface area contributed by atoms with E-state index in [2.05, 4.69) is 10.3 Å². The van der Waals surface area contributed by atoms with E-state index in [1.807, 2.05) is 72.8 Å². The van der Waals surface area contributed by atoms with Gasteiger partial charge in [-0.1, -0.05) is 48.5 Å². The SMILES string of the molecule is COc1ccccc1OCc1ccc(C(=O)NC(c2ccccc2)c2ccccn2)o1. The molecule has 0 saturated heterocycles. The maximum Gasteiger partial charge on any atom is 0.287 e. The van der Waals surface area contributed by atoms with Crippen LogP contribution in [0.2, 0.25) is 0 Å². The summed E-state index contributed by atoms with van der Waals surface area (Å²) in [6.45, 7) is 0.177. The van der Waals surface area contributed by atoms with Crippen molar-refractivity contribution in [1.82, 2.24) is 10.3 Å². The van der Waals surface area contributed by atoms with Gasteiger partial charge in [-0.05, 0) is 42.0 Å². The van der Waals surface area contributed by atoms with Crippen molar-refractivity contribution in [3.8, 4) is 11.5 Å². The minimum Gasteiger partial charge on any atom is -0.493 e. The Bertz CT molecular complexity index is 1090. The number of hydrogen-bond donors (Lipinski definition) is 1. The van der Waals surface area contributed by atoms with E-state index in [4.69, 9.17) is 13.9 Å². The minimum absolute atomic E-state index is 0.177. The first-order chi connectivity index (χ1) is 15.2. The molecule has 6 heteroatoms. The Labute approximate surface area is 180 Å². The fourth-order valence-corrected chi connectivity index (χ4v) is 3.19. The lowest BCUT2D eigenvalue weighted by Gasteiger charge is -2.18. The molecule has 1 N–H and O–H groups in total. The van der Waals surface area contributed by atoms with Crippen molar-refractivity contribution in [3.05, 3.63) is 114 Å². The Morgan fingerprint density at radius 1 is 0.935 bits per heavy atom. The number of rotatable bonds is 8. The summed E-state index contributed by atoms with van der Waals surface area (Å²) in [5.41, 5.74) is 1.68. The number of aromatic nitrogens is 1. The molecule has 2 aromatic heterocycles. The second-order valence-electron chi connectivity index (χ2n) is 6.78. The van der Waals surface area contributed by atoms with Crippen LogP contribution >= 0.6 is 0 Å². The highest BCUT2D eigenvalue weighted by molar-refractivity contribution is 5.92. The zero-order valence-corrected chi connectivity index (χ0v) is 17.0. The van der Waals surface area contributed by atoms with Gasteiger partial charge in [-0.15, -0.1) is 0 Å². The predicted octanol–water partition coefficient (Wildman–Crippen LogP) is 4.78. The Hall–Kier alpha value is -4.06. The number of methoxy groups -OCH3 is 1. The average molecular weight is 414 g/mol. The van der Waals surface area contributed by atoms with E-state index in [1.54, 1.807) is 25.4 Å². The van der Waals surface area contributed by atoms with Gasteiger partial charge in [0.2, 0.25) is 0 Å². The van der Waals surface area contributed by atoms with Gasteiger partial charge in [-0.3, -0.25) is 9.78 Å². The largest absolute Gasteiger partial charge is 0.493 e. The van der Waals surface area contributed by atoms with Crippen LogP contribution in [-0.2, 0) is 6.61 Å². The molecule has 4 aromatic rings. The van der Waals surface area contributed by atoms with Gasteiger partial charge in [0.05, 0.1) is 18.8 Å². The molecule has 0 radical (unpaired) electrons. The zero-order valence-electron chi connectivity index (χ0n) is 17.0. The molecule has 0 spiro atoms. The Balaban J connectivity index is 1.47. The summed E-state index contributed by atoms with van der Waals surface area (Å²) in [6.07, 6.45) is 1.71. The van der Waals surface area contributed by atoms with E-state index in [-0.39, 0.29) is 18.3 Å². The quantitative estimate of drug-likeness (QED) is 0.449. The summed E-state index contributed by atoms with van der Waals surface area (Å²) in [5.74, 6) is 1.64. The molecular weight excluding hydrogens is 392 g/mol. The lowest BCUT2D eigenvalue weighted by Crippen LogP contribution is -2.29. The number of nitrogens with one attached hydrogen (secondary N) is 1. The number of pyridine rings is 1. The van der Waals surface area contributed by atoms with Crippen LogP contribution in [-0.4, -0.2) is 18.0 Å². The summed E-state index contributed by atoms with van der Waals surface area (Å²) in [4.78, 5) is 17.3. The molecule has 6 nitrogen and oxygen atoms in total. The molecule has 156 valence electrons. The lowest BCUT2D eigenvalue weighted by molar-refractivity contribution is 0.0910. The first-order valence-electron chi connectivity index (χ1n) is 9.86. The minimum atomic E-state index is -0.395.